The summed E-state index contributed by atoms with van der Waals surface area (Å²) in [6.07, 6.45) is 4.86. The number of aryl methyl sites for hydroxylation is 1. The van der Waals surface area contributed by atoms with Crippen molar-refractivity contribution >= 4 is 15.7 Å². The third-order valence-corrected chi connectivity index (χ3v) is 5.38. The lowest BCUT2D eigenvalue weighted by atomic mass is 9.93. The van der Waals surface area contributed by atoms with Crippen LogP contribution in [0, 0.1) is 12.8 Å². The molecule has 2 aromatic heterocycles. The Bertz CT molecular complexity index is 839. The number of aromatic amines is 1. The predicted molar refractivity (Wildman–Crippen MR) is 85.3 cm³/mol. The summed E-state index contributed by atoms with van der Waals surface area (Å²) in [6.45, 7) is 2.98. The highest BCUT2D eigenvalue weighted by Gasteiger charge is 2.28. The van der Waals surface area contributed by atoms with Crippen molar-refractivity contribution in [3.63, 3.8) is 0 Å². The molecule has 1 aliphatic rings. The zero-order valence-corrected chi connectivity index (χ0v) is 14.5. The second kappa shape index (κ2) is 6.39. The smallest absolute Gasteiger partial charge is 0.276 e. The highest BCUT2D eigenvalue weighted by atomic mass is 32.2. The summed E-state index contributed by atoms with van der Waals surface area (Å²) in [5.41, 5.74) is 0.917. The summed E-state index contributed by atoms with van der Waals surface area (Å²) in [5, 5.41) is 10.4. The lowest BCUT2D eigenvalue weighted by molar-refractivity contribution is 0.0662. The molecule has 8 nitrogen and oxygen atoms in total. The third kappa shape index (κ3) is 3.50. The number of hydrogen-bond donors (Lipinski definition) is 1. The first-order chi connectivity index (χ1) is 11.3. The SMILES string of the molecule is Cc1cc(C(=O)N2CCC[C@H](Cc3[nH]ncc3S(C)(=O)=O)C2)no1. The number of aromatic nitrogens is 3. The van der Waals surface area contributed by atoms with E-state index in [9.17, 15) is 13.2 Å². The van der Waals surface area contributed by atoms with Crippen LogP contribution >= 0.6 is 0 Å². The van der Waals surface area contributed by atoms with Crippen LogP contribution in [0.25, 0.3) is 0 Å². The van der Waals surface area contributed by atoms with Gasteiger partial charge in [0.25, 0.3) is 5.91 Å². The van der Waals surface area contributed by atoms with Gasteiger partial charge in [-0.3, -0.25) is 9.89 Å². The number of nitrogens with zero attached hydrogens (tertiary/aromatic N) is 3. The van der Waals surface area contributed by atoms with Gasteiger partial charge < -0.3 is 9.42 Å². The van der Waals surface area contributed by atoms with Gasteiger partial charge in [0.15, 0.2) is 15.5 Å². The van der Waals surface area contributed by atoms with Gasteiger partial charge in [0.05, 0.1) is 11.9 Å². The molecular formula is C15H20N4O4S. The standard InChI is InChI=1S/C15H20N4O4S/c1-10-6-13(18-23-10)15(20)19-5-3-4-11(9-19)7-12-14(8-16-17-12)24(2,21)22/h6,8,11H,3-5,7,9H2,1-2H3,(H,16,17)/t11-/m1/s1. The van der Waals surface area contributed by atoms with Gasteiger partial charge in [-0.05, 0) is 32.1 Å². The molecule has 3 heterocycles. The third-order valence-electron chi connectivity index (χ3n) is 4.22. The maximum atomic E-state index is 12.5. The molecule has 1 N–H and O–H groups in total. The highest BCUT2D eigenvalue weighted by molar-refractivity contribution is 7.90. The second-order valence-electron chi connectivity index (χ2n) is 6.27. The van der Waals surface area contributed by atoms with Crippen molar-refractivity contribution in [2.45, 2.75) is 31.1 Å². The molecule has 24 heavy (non-hydrogen) atoms. The molecule has 1 aliphatic heterocycles. The minimum absolute atomic E-state index is 0.149. The number of hydrogen-bond acceptors (Lipinski definition) is 6. The van der Waals surface area contributed by atoms with E-state index in [0.29, 0.717) is 36.7 Å². The number of rotatable bonds is 4. The van der Waals surface area contributed by atoms with Gasteiger partial charge in [0.2, 0.25) is 0 Å². The summed E-state index contributed by atoms with van der Waals surface area (Å²) in [5.74, 6) is 0.628. The van der Waals surface area contributed by atoms with Crippen LogP contribution in [0.1, 0.15) is 34.8 Å². The van der Waals surface area contributed by atoms with Crippen LogP contribution in [-0.2, 0) is 16.3 Å². The fraction of sp³-hybridized carbons (Fsp3) is 0.533. The maximum absolute atomic E-state index is 12.5. The normalized spacial score (nSPS) is 18.8. The van der Waals surface area contributed by atoms with Crippen LogP contribution < -0.4 is 0 Å². The van der Waals surface area contributed by atoms with Crippen molar-refractivity contribution in [3.8, 4) is 0 Å². The number of likely N-dealkylation sites (tertiary alicyclic amines) is 1. The first kappa shape index (κ1) is 16.7. The summed E-state index contributed by atoms with van der Waals surface area (Å²) >= 11 is 0. The quantitative estimate of drug-likeness (QED) is 0.885. The number of sulfone groups is 1. The fourth-order valence-electron chi connectivity index (χ4n) is 3.10. The minimum Gasteiger partial charge on any atom is -0.361 e. The molecule has 9 heteroatoms. The lowest BCUT2D eigenvalue weighted by Gasteiger charge is -2.32. The van der Waals surface area contributed by atoms with E-state index in [1.54, 1.807) is 17.9 Å². The van der Waals surface area contributed by atoms with Crippen LogP contribution in [0.3, 0.4) is 0 Å². The topological polar surface area (TPSA) is 109 Å². The van der Waals surface area contributed by atoms with Crippen molar-refractivity contribution in [2.24, 2.45) is 5.92 Å². The second-order valence-corrected chi connectivity index (χ2v) is 8.26. The van der Waals surface area contributed by atoms with Crippen molar-refractivity contribution in [1.82, 2.24) is 20.3 Å². The average Bonchev–Trinajstić information content (AvgIpc) is 3.15. The molecule has 0 saturated carbocycles. The Hall–Kier alpha value is -2.16. The highest BCUT2D eigenvalue weighted by Crippen LogP contribution is 2.24. The van der Waals surface area contributed by atoms with Gasteiger partial charge in [-0.2, -0.15) is 5.10 Å². The Balaban J connectivity index is 1.70. The van der Waals surface area contributed by atoms with E-state index < -0.39 is 9.84 Å². The molecule has 2 aromatic rings. The molecule has 0 aliphatic carbocycles. The van der Waals surface area contributed by atoms with E-state index in [4.69, 9.17) is 4.52 Å². The molecule has 1 amide bonds. The molecule has 3 rings (SSSR count). The number of carbonyl (C=O) groups is 1. The van der Waals surface area contributed by atoms with E-state index in [-0.39, 0.29) is 16.7 Å². The monoisotopic (exact) mass is 352 g/mol. The first-order valence-electron chi connectivity index (χ1n) is 7.79. The summed E-state index contributed by atoms with van der Waals surface area (Å²) < 4.78 is 28.5. The summed E-state index contributed by atoms with van der Waals surface area (Å²) in [4.78, 5) is 14.5. The van der Waals surface area contributed by atoms with Gasteiger partial charge >= 0.3 is 0 Å². The van der Waals surface area contributed by atoms with Crippen LogP contribution in [0.2, 0.25) is 0 Å². The van der Waals surface area contributed by atoms with Crippen LogP contribution in [0.5, 0.6) is 0 Å². The molecule has 0 spiro atoms. The lowest BCUT2D eigenvalue weighted by Crippen LogP contribution is -2.40. The Morgan fingerprint density at radius 2 is 2.29 bits per heavy atom. The minimum atomic E-state index is -3.31. The largest absolute Gasteiger partial charge is 0.361 e. The Morgan fingerprint density at radius 3 is 2.96 bits per heavy atom. The van der Waals surface area contributed by atoms with E-state index in [2.05, 4.69) is 15.4 Å². The molecular weight excluding hydrogens is 332 g/mol. The Morgan fingerprint density at radius 1 is 1.50 bits per heavy atom. The Labute approximate surface area is 140 Å². The van der Waals surface area contributed by atoms with E-state index in [1.165, 1.54) is 12.5 Å². The number of amides is 1. The Kier molecular flexibility index (Phi) is 4.44. The summed E-state index contributed by atoms with van der Waals surface area (Å²) in [7, 11) is -3.31. The van der Waals surface area contributed by atoms with Crippen LogP contribution in [0.15, 0.2) is 21.7 Å². The average molecular weight is 352 g/mol. The van der Waals surface area contributed by atoms with E-state index >= 15 is 0 Å². The zero-order valence-electron chi connectivity index (χ0n) is 13.7. The maximum Gasteiger partial charge on any atom is 0.276 e. The zero-order chi connectivity index (χ0) is 17.3. The van der Waals surface area contributed by atoms with Gasteiger partial charge in [-0.1, -0.05) is 5.16 Å². The molecule has 0 unspecified atom stereocenters. The number of nitrogens with one attached hydrogen (secondary N) is 1. The molecule has 1 atom stereocenters. The van der Waals surface area contributed by atoms with Gasteiger partial charge in [0.1, 0.15) is 10.7 Å². The molecule has 0 bridgehead atoms. The molecule has 1 saturated heterocycles. The molecule has 0 radical (unpaired) electrons. The van der Waals surface area contributed by atoms with E-state index in [1.807, 2.05) is 0 Å². The van der Waals surface area contributed by atoms with Crippen LogP contribution in [-0.4, -0.2) is 53.9 Å². The number of carbonyl (C=O) groups excluding carboxylic acids is 1. The fourth-order valence-corrected chi connectivity index (χ4v) is 3.92. The van der Waals surface area contributed by atoms with Gasteiger partial charge in [-0.15, -0.1) is 0 Å². The van der Waals surface area contributed by atoms with Crippen molar-refractivity contribution < 1.29 is 17.7 Å². The van der Waals surface area contributed by atoms with Gasteiger partial charge in [0, 0.05) is 25.4 Å². The first-order valence-corrected chi connectivity index (χ1v) is 9.68. The molecule has 1 fully saturated rings. The van der Waals surface area contributed by atoms with Crippen molar-refractivity contribution in [1.29, 1.82) is 0 Å². The molecule has 0 aromatic carbocycles. The van der Waals surface area contributed by atoms with E-state index in [0.717, 1.165) is 12.8 Å². The summed E-state index contributed by atoms with van der Waals surface area (Å²) in [6, 6.07) is 1.63. The van der Waals surface area contributed by atoms with Crippen molar-refractivity contribution in [3.05, 3.63) is 29.4 Å². The van der Waals surface area contributed by atoms with Crippen molar-refractivity contribution in [2.75, 3.05) is 19.3 Å². The van der Waals surface area contributed by atoms with Crippen LogP contribution in [0.4, 0.5) is 0 Å². The van der Waals surface area contributed by atoms with Gasteiger partial charge in [-0.25, -0.2) is 8.42 Å². The molecule has 130 valence electrons. The number of piperidine rings is 1. The number of H-pyrrole nitrogens is 1. The predicted octanol–water partition coefficient (Wildman–Crippen LogP) is 1.20.